The van der Waals surface area contributed by atoms with E-state index in [2.05, 4.69) is 57.2 Å². The van der Waals surface area contributed by atoms with E-state index in [9.17, 15) is 43.2 Å². The summed E-state index contributed by atoms with van der Waals surface area (Å²) in [4.78, 5) is 141. The molecule has 1 aliphatic rings. The third-order valence-electron chi connectivity index (χ3n) is 12.8. The SMILES string of the molecule is CCCC[C@H](NC(C)=O)C(=O)N[C@H]1CC(=O)NCCCC[C@@H](C(N)=O)N(C)C(=O)[C@H](Cc2c[nH]c3ccccc23)NC(=O)[C@H](CCCN=C(N)N)NC(=O)[C@@H](Cc2ccccc2)NC(=O)[C@H](Cc2cnc[nH]2)NC1=O. The molecule has 5 rings (SSSR count). The molecule has 15 N–H and O–H groups in total. The Morgan fingerprint density at radius 2 is 1.47 bits per heavy atom. The Morgan fingerprint density at radius 3 is 2.15 bits per heavy atom. The summed E-state index contributed by atoms with van der Waals surface area (Å²) in [7, 11) is 1.40. The summed E-state index contributed by atoms with van der Waals surface area (Å²) in [5, 5.41) is 19.8. The van der Waals surface area contributed by atoms with Crippen LogP contribution in [0.2, 0.25) is 0 Å². The maximum absolute atomic E-state index is 14.7. The minimum Gasteiger partial charge on any atom is -0.370 e. The summed E-state index contributed by atoms with van der Waals surface area (Å²) in [5.74, 6) is -6.95. The van der Waals surface area contributed by atoms with Gasteiger partial charge in [-0.2, -0.15) is 0 Å². The van der Waals surface area contributed by atoms with Gasteiger partial charge in [0, 0.05) is 75.3 Å². The fourth-order valence-electron chi connectivity index (χ4n) is 8.74. The van der Waals surface area contributed by atoms with Crippen molar-refractivity contribution in [2.24, 2.45) is 22.2 Å². The third kappa shape index (κ3) is 18.0. The van der Waals surface area contributed by atoms with Crippen LogP contribution in [0.1, 0.15) is 88.5 Å². The number of aromatic nitrogens is 3. The Hall–Kier alpha value is -8.31. The smallest absolute Gasteiger partial charge is 0.245 e. The van der Waals surface area contributed by atoms with Crippen LogP contribution < -0.4 is 54.4 Å². The average Bonchev–Trinajstić information content (AvgIpc) is 4.05. The molecular formula is C51H71N15O9. The molecule has 0 radical (unpaired) electrons. The van der Waals surface area contributed by atoms with Crippen molar-refractivity contribution in [2.75, 3.05) is 20.1 Å². The normalized spacial score (nSPS) is 21.3. The summed E-state index contributed by atoms with van der Waals surface area (Å²) < 4.78 is 0. The number of fused-ring (bicyclic) bond motifs is 1. The van der Waals surface area contributed by atoms with Crippen LogP contribution in [0.4, 0.5) is 0 Å². The standard InChI is InChI=1S/C51H71N15O9/c1-4-5-17-36(60-30(2)67)45(70)64-40-26-43(68)56-21-12-11-20-42(44(52)69)66(3)50(75)41(24-32-27-58-35-18-10-9-16-34(32)35)65-46(71)37(19-13-22-57-51(53)54)61-47(72)38(23-31-14-7-6-8-15-31)62-48(73)39(63-49(40)74)25-33-28-55-29-59-33/h6-10,14-16,18,27-29,36-42,58H,4-5,11-13,17,19-26H2,1-3H3,(H2,52,69)(H,55,59)(H,56,68)(H,60,67)(H,61,72)(H,62,73)(H,63,74)(H,64,70)(H,65,71)(H4,53,54,57)/t36-,37-,38+,39-,40-,41-,42-/m0/s1. The molecular weight excluding hydrogens is 967 g/mol. The highest BCUT2D eigenvalue weighted by molar-refractivity contribution is 5.99. The van der Waals surface area contributed by atoms with Crippen LogP contribution >= 0.6 is 0 Å². The van der Waals surface area contributed by atoms with Gasteiger partial charge in [0.2, 0.25) is 53.2 Å². The molecule has 0 aliphatic carbocycles. The summed E-state index contributed by atoms with van der Waals surface area (Å²) in [6.07, 6.45) is 5.80. The van der Waals surface area contributed by atoms with Gasteiger partial charge >= 0.3 is 0 Å². The number of para-hydroxylation sites is 1. The van der Waals surface area contributed by atoms with Crippen molar-refractivity contribution >= 4 is 70.0 Å². The lowest BCUT2D eigenvalue weighted by molar-refractivity contribution is -0.141. The first-order valence-electron chi connectivity index (χ1n) is 25.2. The number of primary amides is 1. The number of nitrogens with zero attached hydrogens (tertiary/aromatic N) is 3. The summed E-state index contributed by atoms with van der Waals surface area (Å²) in [6.45, 7) is 3.26. The van der Waals surface area contributed by atoms with Crippen LogP contribution in [-0.4, -0.2) is 141 Å². The number of aromatic amines is 2. The minimum absolute atomic E-state index is 0.0463. The van der Waals surface area contributed by atoms with Crippen molar-refractivity contribution in [3.8, 4) is 0 Å². The van der Waals surface area contributed by atoms with E-state index in [1.54, 1.807) is 36.5 Å². The Bertz CT molecular complexity index is 2620. The molecule has 9 amide bonds. The first kappa shape index (κ1) is 57.6. The van der Waals surface area contributed by atoms with E-state index in [0.717, 1.165) is 10.9 Å². The van der Waals surface area contributed by atoms with Crippen molar-refractivity contribution in [2.45, 2.75) is 133 Å². The lowest BCUT2D eigenvalue weighted by Gasteiger charge is -2.31. The van der Waals surface area contributed by atoms with Crippen molar-refractivity contribution in [3.63, 3.8) is 0 Å². The first-order valence-corrected chi connectivity index (χ1v) is 25.2. The third-order valence-corrected chi connectivity index (χ3v) is 12.8. The molecule has 0 saturated carbocycles. The van der Waals surface area contributed by atoms with Gasteiger partial charge in [-0.05, 0) is 55.7 Å². The molecule has 2 aromatic heterocycles. The highest BCUT2D eigenvalue weighted by atomic mass is 16.2. The molecule has 0 unspecified atom stereocenters. The van der Waals surface area contributed by atoms with Gasteiger partial charge in [-0.3, -0.25) is 48.1 Å². The van der Waals surface area contributed by atoms with E-state index in [1.165, 1.54) is 31.4 Å². The molecule has 1 aliphatic heterocycles. The van der Waals surface area contributed by atoms with E-state index in [-0.39, 0.29) is 76.8 Å². The second kappa shape index (κ2) is 28.8. The van der Waals surface area contributed by atoms with Crippen molar-refractivity contribution in [3.05, 3.63) is 90.1 Å². The monoisotopic (exact) mass is 1040 g/mol. The number of hydrogen-bond acceptors (Lipinski definition) is 11. The first-order chi connectivity index (χ1) is 35.9. The van der Waals surface area contributed by atoms with Crippen LogP contribution in [0, 0.1) is 0 Å². The second-order valence-electron chi connectivity index (χ2n) is 18.6. The number of nitrogens with one attached hydrogen (secondary N) is 9. The number of H-pyrrole nitrogens is 2. The molecule has 1 saturated heterocycles. The van der Waals surface area contributed by atoms with E-state index < -0.39 is 102 Å². The summed E-state index contributed by atoms with van der Waals surface area (Å²) in [5.41, 5.74) is 19.6. The van der Waals surface area contributed by atoms with Gasteiger partial charge in [-0.15, -0.1) is 0 Å². The second-order valence-corrected chi connectivity index (χ2v) is 18.6. The number of rotatable bonds is 17. The number of benzene rings is 2. The van der Waals surface area contributed by atoms with Gasteiger partial charge in [-0.1, -0.05) is 68.3 Å². The molecule has 4 aromatic rings. The van der Waals surface area contributed by atoms with Crippen LogP contribution in [-0.2, 0) is 62.4 Å². The number of imidazole rings is 1. The van der Waals surface area contributed by atoms with Crippen molar-refractivity contribution in [1.29, 1.82) is 0 Å². The zero-order chi connectivity index (χ0) is 54.4. The van der Waals surface area contributed by atoms with Crippen LogP contribution in [0.15, 0.2) is 78.3 Å². The number of nitrogens with two attached hydrogens (primary N) is 3. The Morgan fingerprint density at radius 1 is 0.800 bits per heavy atom. The predicted molar refractivity (Wildman–Crippen MR) is 278 cm³/mol. The lowest BCUT2D eigenvalue weighted by atomic mass is 10.0. The summed E-state index contributed by atoms with van der Waals surface area (Å²) in [6, 6.07) is 6.79. The number of amides is 9. The van der Waals surface area contributed by atoms with E-state index in [4.69, 9.17) is 17.2 Å². The van der Waals surface area contributed by atoms with Crippen molar-refractivity contribution in [1.82, 2.24) is 57.1 Å². The number of likely N-dealkylation sites (N-methyl/N-ethyl adjacent to an activating group) is 1. The van der Waals surface area contributed by atoms with E-state index >= 15 is 0 Å². The number of carbonyl (C=O) groups is 9. The molecule has 0 bridgehead atoms. The van der Waals surface area contributed by atoms with Gasteiger partial charge in [-0.25, -0.2) is 4.98 Å². The molecule has 75 heavy (non-hydrogen) atoms. The number of carbonyl (C=O) groups excluding carboxylic acids is 9. The number of hydrogen-bond donors (Lipinski definition) is 12. The highest BCUT2D eigenvalue weighted by Crippen LogP contribution is 2.21. The van der Waals surface area contributed by atoms with Gasteiger partial charge in [0.15, 0.2) is 5.96 Å². The fourth-order valence-corrected chi connectivity index (χ4v) is 8.74. The zero-order valence-electron chi connectivity index (χ0n) is 42.6. The predicted octanol–water partition coefficient (Wildman–Crippen LogP) is -0.906. The Labute approximate surface area is 434 Å². The number of aliphatic imine (C=N–C) groups is 1. The molecule has 0 spiro atoms. The van der Waals surface area contributed by atoms with Crippen LogP contribution in [0.5, 0.6) is 0 Å². The molecule has 7 atom stereocenters. The van der Waals surface area contributed by atoms with E-state index in [0.29, 0.717) is 29.7 Å². The highest BCUT2D eigenvalue weighted by Gasteiger charge is 2.36. The fraction of sp³-hybridized carbons (Fsp3) is 0.471. The minimum atomic E-state index is -1.58. The quantitative estimate of drug-likeness (QED) is 0.0348. The maximum Gasteiger partial charge on any atom is 0.245 e. The molecule has 1 fully saturated rings. The molecule has 24 nitrogen and oxygen atoms in total. The average molecular weight is 1040 g/mol. The van der Waals surface area contributed by atoms with Gasteiger partial charge in [0.25, 0.3) is 0 Å². The Kier molecular flexibility index (Phi) is 22.1. The molecule has 2 aromatic carbocycles. The zero-order valence-corrected chi connectivity index (χ0v) is 42.6. The lowest BCUT2D eigenvalue weighted by Crippen LogP contribution is -2.61. The van der Waals surface area contributed by atoms with Gasteiger partial charge < -0.3 is 69.3 Å². The summed E-state index contributed by atoms with van der Waals surface area (Å²) >= 11 is 0. The van der Waals surface area contributed by atoms with Gasteiger partial charge in [0.05, 0.1) is 12.7 Å². The van der Waals surface area contributed by atoms with Gasteiger partial charge in [0.1, 0.15) is 42.3 Å². The van der Waals surface area contributed by atoms with E-state index in [1.807, 2.05) is 31.2 Å². The largest absolute Gasteiger partial charge is 0.370 e. The van der Waals surface area contributed by atoms with Crippen molar-refractivity contribution < 1.29 is 43.2 Å². The van der Waals surface area contributed by atoms with Crippen LogP contribution in [0.25, 0.3) is 10.9 Å². The van der Waals surface area contributed by atoms with Crippen LogP contribution in [0.3, 0.4) is 0 Å². The molecule has 24 heteroatoms. The maximum atomic E-state index is 14.7. The number of guanidine groups is 1. The molecule has 3 heterocycles. The number of unbranched alkanes of at least 4 members (excludes halogenated alkanes) is 1. The topological polar surface area (TPSA) is 376 Å². The molecule has 404 valence electrons. The Balaban J connectivity index is 1.57.